The molecule has 1 saturated heterocycles. The van der Waals surface area contributed by atoms with Gasteiger partial charge in [0.05, 0.1) is 5.02 Å². The van der Waals surface area contributed by atoms with Gasteiger partial charge in [-0.05, 0) is 44.3 Å². The number of aromatic amines is 1. The van der Waals surface area contributed by atoms with Crippen LogP contribution in [0.3, 0.4) is 0 Å². The zero-order valence-electron chi connectivity index (χ0n) is 10.1. The number of piperidine rings is 1. The molecule has 1 fully saturated rings. The SMILES string of the molecule is O=C(NCCC1CCCNC1)c1cc(Cl)c(Cl)[nH]1. The van der Waals surface area contributed by atoms with Crippen molar-refractivity contribution in [1.29, 1.82) is 0 Å². The van der Waals surface area contributed by atoms with Crippen LogP contribution in [0.15, 0.2) is 6.07 Å². The van der Waals surface area contributed by atoms with E-state index in [2.05, 4.69) is 15.6 Å². The second-order valence-electron chi connectivity index (χ2n) is 4.60. The highest BCUT2D eigenvalue weighted by Crippen LogP contribution is 2.21. The lowest BCUT2D eigenvalue weighted by molar-refractivity contribution is 0.0946. The molecule has 1 aromatic rings. The molecular formula is C12H17Cl2N3O. The lowest BCUT2D eigenvalue weighted by atomic mass is 9.96. The van der Waals surface area contributed by atoms with Crippen LogP contribution in [0.25, 0.3) is 0 Å². The maximum absolute atomic E-state index is 11.8. The molecule has 0 saturated carbocycles. The van der Waals surface area contributed by atoms with Gasteiger partial charge in [-0.25, -0.2) is 0 Å². The molecule has 0 aromatic carbocycles. The molecule has 100 valence electrons. The third-order valence-electron chi connectivity index (χ3n) is 3.21. The molecule has 4 nitrogen and oxygen atoms in total. The van der Waals surface area contributed by atoms with Gasteiger partial charge in [0.1, 0.15) is 10.8 Å². The van der Waals surface area contributed by atoms with Gasteiger partial charge in [-0.2, -0.15) is 0 Å². The summed E-state index contributed by atoms with van der Waals surface area (Å²) in [7, 11) is 0. The fraction of sp³-hybridized carbons (Fsp3) is 0.583. The predicted octanol–water partition coefficient (Wildman–Crippen LogP) is 2.44. The number of H-pyrrole nitrogens is 1. The molecule has 2 heterocycles. The second-order valence-corrected chi connectivity index (χ2v) is 5.39. The summed E-state index contributed by atoms with van der Waals surface area (Å²) in [6, 6.07) is 1.54. The first-order chi connectivity index (χ1) is 8.66. The summed E-state index contributed by atoms with van der Waals surface area (Å²) in [6.07, 6.45) is 3.46. The van der Waals surface area contributed by atoms with Crippen molar-refractivity contribution >= 4 is 29.1 Å². The standard InChI is InChI=1S/C12H17Cl2N3O/c13-9-6-10(17-11(9)14)12(18)16-5-3-8-2-1-4-15-7-8/h6,8,15,17H,1-5,7H2,(H,16,18). The van der Waals surface area contributed by atoms with E-state index >= 15 is 0 Å². The van der Waals surface area contributed by atoms with Crippen molar-refractivity contribution < 1.29 is 4.79 Å². The van der Waals surface area contributed by atoms with Crippen LogP contribution < -0.4 is 10.6 Å². The molecule has 2 rings (SSSR count). The Balaban J connectivity index is 1.74. The summed E-state index contributed by atoms with van der Waals surface area (Å²) in [5.41, 5.74) is 0.409. The van der Waals surface area contributed by atoms with Crippen LogP contribution in [0.5, 0.6) is 0 Å². The third kappa shape index (κ3) is 3.64. The minimum Gasteiger partial charge on any atom is -0.351 e. The Bertz CT molecular complexity index is 394. The number of hydrogen-bond acceptors (Lipinski definition) is 2. The summed E-state index contributed by atoms with van der Waals surface area (Å²) in [5.74, 6) is 0.502. The maximum Gasteiger partial charge on any atom is 0.267 e. The van der Waals surface area contributed by atoms with Crippen molar-refractivity contribution in [2.45, 2.75) is 19.3 Å². The highest BCUT2D eigenvalue weighted by atomic mass is 35.5. The lowest BCUT2D eigenvalue weighted by Crippen LogP contribution is -2.33. The number of carbonyl (C=O) groups excluding carboxylic acids is 1. The van der Waals surface area contributed by atoms with Crippen molar-refractivity contribution in [3.63, 3.8) is 0 Å². The van der Waals surface area contributed by atoms with Gasteiger partial charge in [-0.1, -0.05) is 23.2 Å². The van der Waals surface area contributed by atoms with E-state index in [1.54, 1.807) is 6.07 Å². The van der Waals surface area contributed by atoms with Gasteiger partial charge in [0, 0.05) is 6.54 Å². The van der Waals surface area contributed by atoms with Crippen LogP contribution in [0, 0.1) is 5.92 Å². The number of aromatic nitrogens is 1. The minimum absolute atomic E-state index is 0.160. The van der Waals surface area contributed by atoms with E-state index < -0.39 is 0 Å². The molecule has 0 aliphatic carbocycles. The van der Waals surface area contributed by atoms with Crippen LogP contribution in [-0.2, 0) is 0 Å². The van der Waals surface area contributed by atoms with Crippen LogP contribution in [0.2, 0.25) is 10.2 Å². The molecule has 1 atom stereocenters. The van der Waals surface area contributed by atoms with Crippen LogP contribution >= 0.6 is 23.2 Å². The first kappa shape index (κ1) is 13.7. The summed E-state index contributed by atoms with van der Waals surface area (Å²) in [5, 5.41) is 6.91. The van der Waals surface area contributed by atoms with Crippen molar-refractivity contribution in [2.24, 2.45) is 5.92 Å². The molecule has 1 aliphatic heterocycles. The molecule has 1 unspecified atom stereocenters. The molecule has 3 N–H and O–H groups in total. The molecular weight excluding hydrogens is 273 g/mol. The molecule has 0 radical (unpaired) electrons. The van der Waals surface area contributed by atoms with Gasteiger partial charge < -0.3 is 15.6 Å². The smallest absolute Gasteiger partial charge is 0.267 e. The van der Waals surface area contributed by atoms with Crippen molar-refractivity contribution in [1.82, 2.24) is 15.6 Å². The molecule has 0 bridgehead atoms. The van der Waals surface area contributed by atoms with Gasteiger partial charge in [0.25, 0.3) is 5.91 Å². The number of nitrogens with one attached hydrogen (secondary N) is 3. The van der Waals surface area contributed by atoms with E-state index in [1.165, 1.54) is 12.8 Å². The van der Waals surface area contributed by atoms with Crippen LogP contribution in [0.4, 0.5) is 0 Å². The number of halogens is 2. The summed E-state index contributed by atoms with van der Waals surface area (Å²) in [4.78, 5) is 14.5. The van der Waals surface area contributed by atoms with E-state index in [0.29, 0.717) is 28.3 Å². The Morgan fingerprint density at radius 1 is 1.50 bits per heavy atom. The number of carbonyl (C=O) groups is 1. The average Bonchev–Trinajstić information content (AvgIpc) is 2.71. The fourth-order valence-electron chi connectivity index (χ4n) is 2.18. The zero-order chi connectivity index (χ0) is 13.0. The van der Waals surface area contributed by atoms with E-state index in [1.807, 2.05) is 0 Å². The lowest BCUT2D eigenvalue weighted by Gasteiger charge is -2.22. The highest BCUT2D eigenvalue weighted by Gasteiger charge is 2.14. The summed E-state index contributed by atoms with van der Waals surface area (Å²) in [6.45, 7) is 2.85. The zero-order valence-corrected chi connectivity index (χ0v) is 11.6. The highest BCUT2D eigenvalue weighted by molar-refractivity contribution is 6.41. The predicted molar refractivity (Wildman–Crippen MR) is 73.4 cm³/mol. The van der Waals surface area contributed by atoms with E-state index in [4.69, 9.17) is 23.2 Å². The van der Waals surface area contributed by atoms with Gasteiger partial charge in [0.2, 0.25) is 0 Å². The van der Waals surface area contributed by atoms with Crippen LogP contribution in [-0.4, -0.2) is 30.5 Å². The van der Waals surface area contributed by atoms with Crippen molar-refractivity contribution in [2.75, 3.05) is 19.6 Å². The fourth-order valence-corrected chi connectivity index (χ4v) is 2.49. The molecule has 18 heavy (non-hydrogen) atoms. The Morgan fingerprint density at radius 2 is 2.33 bits per heavy atom. The first-order valence-corrected chi connectivity index (χ1v) is 6.95. The van der Waals surface area contributed by atoms with E-state index in [9.17, 15) is 4.79 Å². The molecule has 0 spiro atoms. The first-order valence-electron chi connectivity index (χ1n) is 6.19. The van der Waals surface area contributed by atoms with Crippen LogP contribution in [0.1, 0.15) is 29.8 Å². The number of hydrogen-bond donors (Lipinski definition) is 3. The summed E-state index contributed by atoms with van der Waals surface area (Å²) < 4.78 is 0. The quantitative estimate of drug-likeness (QED) is 0.797. The Labute approximate surface area is 116 Å². The minimum atomic E-state index is -0.160. The molecule has 1 aliphatic rings. The maximum atomic E-state index is 11.8. The molecule has 1 aromatic heterocycles. The van der Waals surface area contributed by atoms with Gasteiger partial charge in [0.15, 0.2) is 0 Å². The Morgan fingerprint density at radius 3 is 2.94 bits per heavy atom. The Kier molecular flexibility index (Phi) is 4.92. The second kappa shape index (κ2) is 6.45. The van der Waals surface area contributed by atoms with E-state index in [-0.39, 0.29) is 5.91 Å². The average molecular weight is 290 g/mol. The van der Waals surface area contributed by atoms with Crippen molar-refractivity contribution in [3.8, 4) is 0 Å². The number of amides is 1. The van der Waals surface area contributed by atoms with Gasteiger partial charge in [-0.15, -0.1) is 0 Å². The monoisotopic (exact) mass is 289 g/mol. The van der Waals surface area contributed by atoms with Crippen molar-refractivity contribution in [3.05, 3.63) is 21.9 Å². The van der Waals surface area contributed by atoms with Gasteiger partial charge in [-0.3, -0.25) is 4.79 Å². The molecule has 1 amide bonds. The van der Waals surface area contributed by atoms with E-state index in [0.717, 1.165) is 19.5 Å². The Hall–Kier alpha value is -0.710. The normalized spacial score (nSPS) is 19.8. The topological polar surface area (TPSA) is 56.9 Å². The third-order valence-corrected chi connectivity index (χ3v) is 3.90. The summed E-state index contributed by atoms with van der Waals surface area (Å²) >= 11 is 11.5. The molecule has 6 heteroatoms. The van der Waals surface area contributed by atoms with Gasteiger partial charge >= 0.3 is 0 Å². The number of rotatable bonds is 4. The largest absolute Gasteiger partial charge is 0.351 e.